The molecule has 2 N–H and O–H groups in total. The van der Waals surface area contributed by atoms with Gasteiger partial charge in [0.15, 0.2) is 0 Å². The maximum absolute atomic E-state index is 12.1. The summed E-state index contributed by atoms with van der Waals surface area (Å²) in [4.78, 5) is 25.3. The van der Waals surface area contributed by atoms with Crippen LogP contribution in [0.5, 0.6) is 0 Å². The third kappa shape index (κ3) is 3.59. The second-order valence-corrected chi connectivity index (χ2v) is 5.49. The minimum atomic E-state index is -0.313. The average Bonchev–Trinajstić information content (AvgIpc) is 2.96. The second-order valence-electron chi connectivity index (χ2n) is 5.49. The highest BCUT2D eigenvalue weighted by Crippen LogP contribution is 2.13. The molecule has 6 nitrogen and oxygen atoms in total. The van der Waals surface area contributed by atoms with Crippen LogP contribution >= 0.6 is 0 Å². The highest BCUT2D eigenvalue weighted by molar-refractivity contribution is 5.92. The number of amides is 1. The van der Waals surface area contributed by atoms with Gasteiger partial charge >= 0.3 is 0 Å². The van der Waals surface area contributed by atoms with Crippen molar-refractivity contribution in [2.24, 2.45) is 0 Å². The van der Waals surface area contributed by atoms with Crippen LogP contribution in [0, 0.1) is 0 Å². The molecule has 2 aromatic rings. The molecule has 3 rings (SSSR count). The molecule has 1 amide bonds. The van der Waals surface area contributed by atoms with E-state index in [-0.39, 0.29) is 23.2 Å². The summed E-state index contributed by atoms with van der Waals surface area (Å²) in [6.45, 7) is 2.67. The Morgan fingerprint density at radius 2 is 2.09 bits per heavy atom. The normalized spacial score (nSPS) is 18.3. The van der Waals surface area contributed by atoms with Crippen molar-refractivity contribution in [3.05, 3.63) is 64.1 Å². The molecular weight excluding hydrogens is 280 g/mol. The summed E-state index contributed by atoms with van der Waals surface area (Å²) in [5.41, 5.74) is 1.20. The molecule has 22 heavy (non-hydrogen) atoms. The quantitative estimate of drug-likeness (QED) is 0.874. The molecule has 0 radical (unpaired) electrons. The molecule has 0 saturated carbocycles. The first-order chi connectivity index (χ1) is 10.7. The van der Waals surface area contributed by atoms with Gasteiger partial charge in [-0.1, -0.05) is 30.3 Å². The van der Waals surface area contributed by atoms with Gasteiger partial charge < -0.3 is 5.32 Å². The lowest BCUT2D eigenvalue weighted by atomic mass is 10.2. The lowest BCUT2D eigenvalue weighted by Crippen LogP contribution is -2.37. The van der Waals surface area contributed by atoms with Crippen LogP contribution < -0.4 is 10.9 Å². The minimum absolute atomic E-state index is 0.116. The summed E-state index contributed by atoms with van der Waals surface area (Å²) >= 11 is 0. The van der Waals surface area contributed by atoms with E-state index in [9.17, 15) is 9.59 Å². The van der Waals surface area contributed by atoms with Crippen LogP contribution in [-0.2, 0) is 6.54 Å². The fourth-order valence-electron chi connectivity index (χ4n) is 2.67. The lowest BCUT2D eigenvalue weighted by molar-refractivity contribution is 0.0931. The van der Waals surface area contributed by atoms with E-state index in [4.69, 9.17) is 0 Å². The SMILES string of the molecule is O=C(N[C@@H]1CCN(Cc2ccccc2)C1)c1ccc(=O)[nH]n1. The fourth-order valence-corrected chi connectivity index (χ4v) is 2.67. The average molecular weight is 298 g/mol. The van der Waals surface area contributed by atoms with Gasteiger partial charge in [-0.3, -0.25) is 14.5 Å². The number of aromatic nitrogens is 2. The highest BCUT2D eigenvalue weighted by Gasteiger charge is 2.24. The molecule has 1 atom stereocenters. The number of likely N-dealkylation sites (tertiary alicyclic amines) is 1. The summed E-state index contributed by atoms with van der Waals surface area (Å²) in [7, 11) is 0. The predicted molar refractivity (Wildman–Crippen MR) is 82.4 cm³/mol. The van der Waals surface area contributed by atoms with Crippen molar-refractivity contribution in [2.75, 3.05) is 13.1 Å². The number of carbonyl (C=O) groups excluding carboxylic acids is 1. The van der Waals surface area contributed by atoms with Crippen molar-refractivity contribution in [1.82, 2.24) is 20.4 Å². The third-order valence-corrected chi connectivity index (χ3v) is 3.77. The van der Waals surface area contributed by atoms with Gasteiger partial charge in [0.1, 0.15) is 5.69 Å². The van der Waals surface area contributed by atoms with Crippen molar-refractivity contribution in [3.8, 4) is 0 Å². The molecule has 0 unspecified atom stereocenters. The van der Waals surface area contributed by atoms with Gasteiger partial charge in [0.25, 0.3) is 11.5 Å². The summed E-state index contributed by atoms with van der Waals surface area (Å²) in [6, 6.07) is 13.1. The van der Waals surface area contributed by atoms with Crippen LogP contribution in [0.4, 0.5) is 0 Å². The maximum atomic E-state index is 12.1. The monoisotopic (exact) mass is 298 g/mol. The van der Waals surface area contributed by atoms with Crippen LogP contribution in [-0.4, -0.2) is 40.1 Å². The Balaban J connectivity index is 1.53. The van der Waals surface area contributed by atoms with Crippen LogP contribution in [0.2, 0.25) is 0 Å². The van der Waals surface area contributed by atoms with Crippen molar-refractivity contribution in [2.45, 2.75) is 19.0 Å². The molecule has 1 aromatic carbocycles. The van der Waals surface area contributed by atoms with Crippen LogP contribution in [0.1, 0.15) is 22.5 Å². The summed E-state index contributed by atoms with van der Waals surface area (Å²) in [6.07, 6.45) is 0.919. The van der Waals surface area contributed by atoms with Gasteiger partial charge in [-0.2, -0.15) is 5.10 Å². The molecule has 1 saturated heterocycles. The first-order valence-corrected chi connectivity index (χ1v) is 7.33. The number of hydrogen-bond acceptors (Lipinski definition) is 4. The van der Waals surface area contributed by atoms with Gasteiger partial charge in [-0.15, -0.1) is 0 Å². The van der Waals surface area contributed by atoms with Crippen molar-refractivity contribution in [3.63, 3.8) is 0 Å². The van der Waals surface area contributed by atoms with E-state index < -0.39 is 0 Å². The Hall–Kier alpha value is -2.47. The molecule has 1 aromatic heterocycles. The molecule has 1 aliphatic heterocycles. The van der Waals surface area contributed by atoms with Gasteiger partial charge in [-0.25, -0.2) is 5.10 Å². The van der Waals surface area contributed by atoms with Gasteiger partial charge in [0.05, 0.1) is 0 Å². The van der Waals surface area contributed by atoms with E-state index in [2.05, 4.69) is 32.5 Å². The van der Waals surface area contributed by atoms with Crippen LogP contribution in [0.3, 0.4) is 0 Å². The largest absolute Gasteiger partial charge is 0.347 e. The third-order valence-electron chi connectivity index (χ3n) is 3.77. The number of hydrogen-bond donors (Lipinski definition) is 2. The molecule has 114 valence electrons. The maximum Gasteiger partial charge on any atom is 0.271 e. The van der Waals surface area contributed by atoms with Gasteiger partial charge in [0.2, 0.25) is 0 Å². The Morgan fingerprint density at radius 1 is 1.27 bits per heavy atom. The fraction of sp³-hybridized carbons (Fsp3) is 0.312. The Bertz CT molecular complexity index is 678. The zero-order valence-corrected chi connectivity index (χ0v) is 12.2. The van der Waals surface area contributed by atoms with E-state index in [1.165, 1.54) is 17.7 Å². The van der Waals surface area contributed by atoms with Crippen molar-refractivity contribution >= 4 is 5.91 Å². The van der Waals surface area contributed by atoms with E-state index in [0.717, 1.165) is 26.1 Å². The smallest absolute Gasteiger partial charge is 0.271 e. The molecule has 0 spiro atoms. The number of nitrogens with one attached hydrogen (secondary N) is 2. The standard InChI is InChI=1S/C16H18N4O2/c21-15-7-6-14(18-19-15)16(22)17-13-8-9-20(11-13)10-12-4-2-1-3-5-12/h1-7,13H,8-11H2,(H,17,22)(H,19,21)/t13-/m1/s1. The number of aromatic amines is 1. The number of rotatable bonds is 4. The van der Waals surface area contributed by atoms with Gasteiger partial charge in [-0.05, 0) is 18.1 Å². The zero-order valence-electron chi connectivity index (χ0n) is 12.2. The second kappa shape index (κ2) is 6.53. The molecular formula is C16H18N4O2. The molecule has 6 heteroatoms. The van der Waals surface area contributed by atoms with E-state index in [0.29, 0.717) is 0 Å². The first-order valence-electron chi connectivity index (χ1n) is 7.33. The minimum Gasteiger partial charge on any atom is -0.347 e. The number of carbonyl (C=O) groups is 1. The lowest BCUT2D eigenvalue weighted by Gasteiger charge is -2.16. The van der Waals surface area contributed by atoms with Crippen LogP contribution in [0.15, 0.2) is 47.3 Å². The molecule has 0 bridgehead atoms. The van der Waals surface area contributed by atoms with Crippen molar-refractivity contribution < 1.29 is 4.79 Å². The van der Waals surface area contributed by atoms with Crippen molar-refractivity contribution in [1.29, 1.82) is 0 Å². The Kier molecular flexibility index (Phi) is 4.29. The topological polar surface area (TPSA) is 78.1 Å². The van der Waals surface area contributed by atoms with E-state index >= 15 is 0 Å². The molecule has 0 aliphatic carbocycles. The molecule has 1 fully saturated rings. The predicted octanol–water partition coefficient (Wildman–Crippen LogP) is 0.774. The summed E-state index contributed by atoms with van der Waals surface area (Å²) in [5.74, 6) is -0.247. The highest BCUT2D eigenvalue weighted by atomic mass is 16.2. The van der Waals surface area contributed by atoms with Crippen LogP contribution in [0.25, 0.3) is 0 Å². The van der Waals surface area contributed by atoms with Gasteiger partial charge in [0, 0.05) is 31.7 Å². The van der Waals surface area contributed by atoms with E-state index in [1.807, 2.05) is 18.2 Å². The number of nitrogens with zero attached hydrogens (tertiary/aromatic N) is 2. The molecule has 1 aliphatic rings. The molecule has 2 heterocycles. The summed E-state index contributed by atoms with van der Waals surface area (Å²) in [5, 5.41) is 8.98. The first kappa shape index (κ1) is 14.5. The zero-order chi connectivity index (χ0) is 15.4. The number of benzene rings is 1. The Morgan fingerprint density at radius 3 is 2.82 bits per heavy atom. The number of H-pyrrole nitrogens is 1. The summed E-state index contributed by atoms with van der Waals surface area (Å²) < 4.78 is 0. The Labute approximate surface area is 128 Å². The van der Waals surface area contributed by atoms with E-state index in [1.54, 1.807) is 0 Å².